The SMILES string of the molecule is COc1ccc(N2C(=S)N[C@H]3[C@@H](O)[C@H](O)C[C@@H](C(N)=O)[C@H]32)cc1. The maximum absolute atomic E-state index is 11.8. The molecule has 1 aliphatic heterocycles. The first-order valence-corrected chi connectivity index (χ1v) is 7.74. The van der Waals surface area contributed by atoms with Crippen molar-refractivity contribution in [3.8, 4) is 5.75 Å². The molecule has 0 unspecified atom stereocenters. The van der Waals surface area contributed by atoms with Crippen molar-refractivity contribution in [1.29, 1.82) is 0 Å². The molecule has 0 spiro atoms. The van der Waals surface area contributed by atoms with Gasteiger partial charge in [0.15, 0.2) is 5.11 Å². The van der Waals surface area contributed by atoms with E-state index in [4.69, 9.17) is 22.7 Å². The molecule has 124 valence electrons. The number of nitrogens with one attached hydrogen (secondary N) is 1. The second-order valence-corrected chi connectivity index (χ2v) is 6.22. The van der Waals surface area contributed by atoms with E-state index in [1.54, 1.807) is 24.1 Å². The van der Waals surface area contributed by atoms with Crippen LogP contribution >= 0.6 is 12.2 Å². The second-order valence-electron chi connectivity index (χ2n) is 5.84. The third-order valence-electron chi connectivity index (χ3n) is 4.56. The quantitative estimate of drug-likeness (QED) is 0.543. The molecule has 1 saturated heterocycles. The highest BCUT2D eigenvalue weighted by atomic mass is 32.1. The molecule has 5 N–H and O–H groups in total. The Morgan fingerprint density at radius 1 is 1.39 bits per heavy atom. The number of hydrogen-bond acceptors (Lipinski definition) is 5. The minimum atomic E-state index is -1.02. The molecule has 2 fully saturated rings. The lowest BCUT2D eigenvalue weighted by atomic mass is 9.77. The van der Waals surface area contributed by atoms with Crippen molar-refractivity contribution in [3.05, 3.63) is 24.3 Å². The molecule has 8 heteroatoms. The minimum Gasteiger partial charge on any atom is -0.497 e. The number of amides is 1. The van der Waals surface area contributed by atoms with E-state index >= 15 is 0 Å². The predicted octanol–water partition coefficient (Wildman–Crippen LogP) is -0.646. The number of aliphatic hydroxyl groups excluding tert-OH is 2. The number of nitrogens with two attached hydrogens (primary N) is 1. The molecule has 3 rings (SSSR count). The smallest absolute Gasteiger partial charge is 0.222 e. The fourth-order valence-electron chi connectivity index (χ4n) is 3.41. The number of rotatable bonds is 3. The van der Waals surface area contributed by atoms with Crippen LogP contribution < -0.4 is 20.7 Å². The van der Waals surface area contributed by atoms with Crippen LogP contribution in [0, 0.1) is 5.92 Å². The first-order valence-electron chi connectivity index (χ1n) is 7.33. The third kappa shape index (κ3) is 2.62. The average Bonchev–Trinajstić information content (AvgIpc) is 2.88. The van der Waals surface area contributed by atoms with E-state index in [9.17, 15) is 15.0 Å². The summed E-state index contributed by atoms with van der Waals surface area (Å²) < 4.78 is 5.14. The van der Waals surface area contributed by atoms with Crippen LogP contribution in [0.1, 0.15) is 6.42 Å². The Balaban J connectivity index is 1.98. The normalized spacial score (nSPS) is 33.1. The molecule has 7 nitrogen and oxygen atoms in total. The summed E-state index contributed by atoms with van der Waals surface area (Å²) in [5.41, 5.74) is 6.28. The Bertz CT molecular complexity index is 624. The van der Waals surface area contributed by atoms with E-state index < -0.39 is 36.1 Å². The Labute approximate surface area is 139 Å². The lowest BCUT2D eigenvalue weighted by Gasteiger charge is -2.40. The fourth-order valence-corrected chi connectivity index (χ4v) is 3.77. The molecule has 2 aliphatic rings. The number of hydrogen-bond donors (Lipinski definition) is 4. The zero-order valence-corrected chi connectivity index (χ0v) is 13.4. The number of fused-ring (bicyclic) bond motifs is 1. The second kappa shape index (κ2) is 5.95. The van der Waals surface area contributed by atoms with Crippen LogP contribution in [0.4, 0.5) is 5.69 Å². The van der Waals surface area contributed by atoms with Crippen LogP contribution in [0.15, 0.2) is 24.3 Å². The molecular formula is C15H19N3O4S. The van der Waals surface area contributed by atoms with Crippen LogP contribution in [0.2, 0.25) is 0 Å². The highest BCUT2D eigenvalue weighted by Gasteiger charge is 2.53. The molecule has 23 heavy (non-hydrogen) atoms. The van der Waals surface area contributed by atoms with Crippen molar-refractivity contribution in [2.45, 2.75) is 30.7 Å². The number of primary amides is 1. The van der Waals surface area contributed by atoms with Crippen molar-refractivity contribution in [3.63, 3.8) is 0 Å². The van der Waals surface area contributed by atoms with Gasteiger partial charge in [-0.2, -0.15) is 0 Å². The number of thiocarbonyl (C=S) groups is 1. The number of nitrogens with zero attached hydrogens (tertiary/aromatic N) is 1. The largest absolute Gasteiger partial charge is 0.497 e. The first kappa shape index (κ1) is 16.0. The molecule has 0 radical (unpaired) electrons. The van der Waals surface area contributed by atoms with Gasteiger partial charge < -0.3 is 30.9 Å². The molecule has 1 heterocycles. The number of benzene rings is 1. The number of ether oxygens (including phenoxy) is 1. The lowest BCUT2D eigenvalue weighted by molar-refractivity contribution is -0.127. The number of aliphatic hydroxyl groups is 2. The maximum Gasteiger partial charge on any atom is 0.222 e. The summed E-state index contributed by atoms with van der Waals surface area (Å²) in [4.78, 5) is 13.6. The lowest BCUT2D eigenvalue weighted by Crippen LogP contribution is -2.60. The standard InChI is InChI=1S/C15H19N3O4S/c1-22-8-4-2-7(3-5-8)18-12-9(14(16)21)6-10(19)13(20)11(12)17-15(18)23/h2-5,9-13,19-20H,6H2,1H3,(H2,16,21)(H,17,23)/t9-,10-,11-,12-,13+/m1/s1. The van der Waals surface area contributed by atoms with Gasteiger partial charge in [0.05, 0.1) is 31.2 Å². The highest BCUT2D eigenvalue weighted by Crippen LogP contribution is 2.36. The Hall–Kier alpha value is -1.90. The molecule has 1 aliphatic carbocycles. The van der Waals surface area contributed by atoms with Crippen molar-refractivity contribution in [1.82, 2.24) is 5.32 Å². The fraction of sp³-hybridized carbons (Fsp3) is 0.467. The van der Waals surface area contributed by atoms with Gasteiger partial charge in [0.2, 0.25) is 5.91 Å². The minimum absolute atomic E-state index is 0.106. The van der Waals surface area contributed by atoms with Crippen LogP contribution in [-0.2, 0) is 4.79 Å². The van der Waals surface area contributed by atoms with Gasteiger partial charge >= 0.3 is 0 Å². The highest BCUT2D eigenvalue weighted by molar-refractivity contribution is 7.80. The summed E-state index contributed by atoms with van der Waals surface area (Å²) in [7, 11) is 1.58. The van der Waals surface area contributed by atoms with Gasteiger partial charge in [-0.15, -0.1) is 0 Å². The van der Waals surface area contributed by atoms with E-state index in [0.717, 1.165) is 5.69 Å². The zero-order chi connectivity index (χ0) is 16.7. The van der Waals surface area contributed by atoms with Crippen LogP contribution in [0.3, 0.4) is 0 Å². The molecule has 5 atom stereocenters. The summed E-state index contributed by atoms with van der Waals surface area (Å²) >= 11 is 5.37. The molecule has 1 aromatic rings. The zero-order valence-electron chi connectivity index (χ0n) is 12.5. The Kier molecular flexibility index (Phi) is 4.13. The number of anilines is 1. The predicted molar refractivity (Wildman–Crippen MR) is 88.1 cm³/mol. The van der Waals surface area contributed by atoms with Crippen LogP contribution in [-0.4, -0.2) is 52.6 Å². The van der Waals surface area contributed by atoms with Gasteiger partial charge in [0, 0.05) is 5.69 Å². The summed E-state index contributed by atoms with van der Waals surface area (Å²) in [5, 5.41) is 23.6. The summed E-state index contributed by atoms with van der Waals surface area (Å²) in [5.74, 6) is -0.432. The molecule has 1 amide bonds. The molecule has 1 saturated carbocycles. The van der Waals surface area contributed by atoms with Gasteiger partial charge in [-0.3, -0.25) is 4.79 Å². The number of carbonyl (C=O) groups is 1. The molecule has 0 bridgehead atoms. The van der Waals surface area contributed by atoms with E-state index in [1.165, 1.54) is 0 Å². The third-order valence-corrected chi connectivity index (χ3v) is 4.88. The van der Waals surface area contributed by atoms with Gasteiger partial charge in [-0.25, -0.2) is 0 Å². The topological polar surface area (TPSA) is 108 Å². The summed E-state index contributed by atoms with van der Waals surface area (Å²) in [6, 6.07) is 6.24. The van der Waals surface area contributed by atoms with E-state index in [1.807, 2.05) is 12.1 Å². The van der Waals surface area contributed by atoms with Crippen molar-refractivity contribution in [2.24, 2.45) is 11.7 Å². The van der Waals surface area contributed by atoms with Gasteiger partial charge in [-0.05, 0) is 42.9 Å². The van der Waals surface area contributed by atoms with E-state index in [2.05, 4.69) is 5.32 Å². The van der Waals surface area contributed by atoms with Crippen molar-refractivity contribution in [2.75, 3.05) is 12.0 Å². The Morgan fingerprint density at radius 2 is 2.04 bits per heavy atom. The molecule has 0 aromatic heterocycles. The first-order chi connectivity index (χ1) is 10.9. The maximum atomic E-state index is 11.8. The van der Waals surface area contributed by atoms with Gasteiger partial charge in [0.25, 0.3) is 0 Å². The van der Waals surface area contributed by atoms with Crippen molar-refractivity contribution < 1.29 is 19.7 Å². The monoisotopic (exact) mass is 337 g/mol. The summed E-state index contributed by atoms with van der Waals surface area (Å²) in [6.07, 6.45) is -1.93. The number of carbonyl (C=O) groups excluding carboxylic acids is 1. The van der Waals surface area contributed by atoms with Crippen LogP contribution in [0.25, 0.3) is 0 Å². The van der Waals surface area contributed by atoms with Crippen LogP contribution in [0.5, 0.6) is 5.75 Å². The van der Waals surface area contributed by atoms with Gasteiger partial charge in [0.1, 0.15) is 11.9 Å². The number of methoxy groups -OCH3 is 1. The van der Waals surface area contributed by atoms with Crippen molar-refractivity contribution >= 4 is 28.9 Å². The van der Waals surface area contributed by atoms with E-state index in [-0.39, 0.29) is 6.42 Å². The van der Waals surface area contributed by atoms with Gasteiger partial charge in [-0.1, -0.05) is 0 Å². The molecular weight excluding hydrogens is 318 g/mol. The molecule has 1 aromatic carbocycles. The van der Waals surface area contributed by atoms with E-state index in [0.29, 0.717) is 10.9 Å². The summed E-state index contributed by atoms with van der Waals surface area (Å²) in [6.45, 7) is 0. The Morgan fingerprint density at radius 3 is 2.61 bits per heavy atom. The average molecular weight is 337 g/mol.